The number of furan rings is 1. The molecule has 0 saturated carbocycles. The minimum atomic E-state index is -0.433. The summed E-state index contributed by atoms with van der Waals surface area (Å²) >= 11 is 1.29. The summed E-state index contributed by atoms with van der Waals surface area (Å²) in [5, 5.41) is 8.32. The van der Waals surface area contributed by atoms with E-state index >= 15 is 0 Å². The van der Waals surface area contributed by atoms with Gasteiger partial charge in [-0.3, -0.25) is 4.57 Å². The fraction of sp³-hybridized carbons (Fsp3) is 0.188. The summed E-state index contributed by atoms with van der Waals surface area (Å²) < 4.78 is 25.8. The van der Waals surface area contributed by atoms with Crippen LogP contribution in [-0.2, 0) is 10.5 Å². The average molecular weight is 347 g/mol. The Hall–Kier alpha value is -2.61. The summed E-state index contributed by atoms with van der Waals surface area (Å²) in [7, 11) is 0. The van der Waals surface area contributed by atoms with Gasteiger partial charge >= 0.3 is 5.97 Å². The van der Waals surface area contributed by atoms with Gasteiger partial charge in [-0.05, 0) is 25.1 Å². The van der Waals surface area contributed by atoms with Crippen LogP contribution in [0.3, 0.4) is 0 Å². The molecule has 8 heteroatoms. The highest BCUT2D eigenvalue weighted by Crippen LogP contribution is 2.26. The summed E-state index contributed by atoms with van der Waals surface area (Å²) in [5.41, 5.74) is 0.733. The molecule has 2 aromatic heterocycles. The quantitative estimate of drug-likeness (QED) is 0.502. The van der Waals surface area contributed by atoms with Crippen LogP contribution >= 0.6 is 11.8 Å². The van der Waals surface area contributed by atoms with Crippen LogP contribution in [0.2, 0.25) is 0 Å². The number of esters is 1. The Balaban J connectivity index is 1.78. The second-order valence-electron chi connectivity index (χ2n) is 4.70. The van der Waals surface area contributed by atoms with Crippen LogP contribution < -0.4 is 0 Å². The lowest BCUT2D eigenvalue weighted by atomic mass is 10.3. The molecule has 124 valence electrons. The summed E-state index contributed by atoms with van der Waals surface area (Å²) in [6.07, 6.45) is 2.87. The van der Waals surface area contributed by atoms with Gasteiger partial charge in [-0.15, -0.1) is 10.2 Å². The van der Waals surface area contributed by atoms with Crippen LogP contribution in [0.25, 0.3) is 5.69 Å². The smallest absolute Gasteiger partial charge is 0.341 e. The van der Waals surface area contributed by atoms with E-state index in [0.29, 0.717) is 27.9 Å². The predicted molar refractivity (Wildman–Crippen MR) is 85.5 cm³/mol. The van der Waals surface area contributed by atoms with Crippen LogP contribution in [0.4, 0.5) is 4.39 Å². The number of nitrogens with zero attached hydrogens (tertiary/aromatic N) is 3. The molecule has 0 fully saturated rings. The van der Waals surface area contributed by atoms with Gasteiger partial charge in [0.05, 0.1) is 24.3 Å². The number of aromatic nitrogens is 3. The van der Waals surface area contributed by atoms with Crippen LogP contribution in [0.1, 0.15) is 23.0 Å². The molecule has 0 spiro atoms. The van der Waals surface area contributed by atoms with Crippen LogP contribution in [-0.4, -0.2) is 27.3 Å². The second kappa shape index (κ2) is 7.31. The van der Waals surface area contributed by atoms with Crippen LogP contribution in [0, 0.1) is 5.82 Å². The number of rotatable bonds is 6. The molecule has 0 aliphatic carbocycles. The second-order valence-corrected chi connectivity index (χ2v) is 5.64. The van der Waals surface area contributed by atoms with Gasteiger partial charge < -0.3 is 9.15 Å². The number of hydrogen-bond acceptors (Lipinski definition) is 6. The zero-order valence-corrected chi connectivity index (χ0v) is 13.6. The molecule has 0 aliphatic rings. The third-order valence-electron chi connectivity index (χ3n) is 3.20. The number of ether oxygens (including phenoxy) is 1. The van der Waals surface area contributed by atoms with Gasteiger partial charge in [0, 0.05) is 0 Å². The van der Waals surface area contributed by atoms with Crippen molar-refractivity contribution >= 4 is 17.7 Å². The van der Waals surface area contributed by atoms with E-state index in [0.717, 1.165) is 0 Å². The van der Waals surface area contributed by atoms with E-state index in [1.54, 1.807) is 35.8 Å². The molecule has 0 N–H and O–H groups in total. The molecule has 1 aromatic carbocycles. The predicted octanol–water partition coefficient (Wildman–Crippen LogP) is 3.47. The van der Waals surface area contributed by atoms with Crippen molar-refractivity contribution in [1.29, 1.82) is 0 Å². The zero-order chi connectivity index (χ0) is 16.9. The number of halogens is 1. The molecule has 0 saturated heterocycles. The Morgan fingerprint density at radius 3 is 3.00 bits per heavy atom. The molecular formula is C16H14FN3O3S. The molecule has 0 amide bonds. The van der Waals surface area contributed by atoms with Gasteiger partial charge in [0.1, 0.15) is 23.5 Å². The molecular weight excluding hydrogens is 333 g/mol. The summed E-state index contributed by atoms with van der Waals surface area (Å²) in [6, 6.07) is 7.92. The fourth-order valence-corrected chi connectivity index (χ4v) is 2.98. The SMILES string of the molecule is CCOC(=O)c1ccoc1CSc1nncn1-c1ccccc1F. The molecule has 0 radical (unpaired) electrons. The first-order valence-electron chi connectivity index (χ1n) is 7.22. The van der Waals surface area contributed by atoms with Gasteiger partial charge in [-0.25, -0.2) is 9.18 Å². The Labute approximate surface area is 141 Å². The minimum absolute atomic E-state index is 0.290. The number of hydrogen-bond donors (Lipinski definition) is 0. The van der Waals surface area contributed by atoms with E-state index in [1.807, 2.05) is 0 Å². The van der Waals surface area contributed by atoms with Crippen molar-refractivity contribution in [3.63, 3.8) is 0 Å². The van der Waals surface area contributed by atoms with Crippen molar-refractivity contribution in [2.75, 3.05) is 6.61 Å². The van der Waals surface area contributed by atoms with Gasteiger partial charge in [0.2, 0.25) is 0 Å². The average Bonchev–Trinajstić information content (AvgIpc) is 3.22. The molecule has 3 aromatic rings. The van der Waals surface area contributed by atoms with Crippen molar-refractivity contribution in [3.05, 3.63) is 60.1 Å². The molecule has 3 rings (SSSR count). The van der Waals surface area contributed by atoms with Gasteiger partial charge in [-0.2, -0.15) is 0 Å². The molecule has 0 atom stereocenters. The summed E-state index contributed by atoms with van der Waals surface area (Å²) in [6.45, 7) is 2.03. The first-order valence-corrected chi connectivity index (χ1v) is 8.20. The van der Waals surface area contributed by atoms with Crippen molar-refractivity contribution < 1.29 is 18.3 Å². The topological polar surface area (TPSA) is 70.2 Å². The van der Waals surface area contributed by atoms with E-state index in [9.17, 15) is 9.18 Å². The van der Waals surface area contributed by atoms with E-state index in [-0.39, 0.29) is 12.4 Å². The highest BCUT2D eigenvalue weighted by molar-refractivity contribution is 7.98. The van der Waals surface area contributed by atoms with E-state index in [4.69, 9.17) is 9.15 Å². The first-order chi connectivity index (χ1) is 11.7. The van der Waals surface area contributed by atoms with Gasteiger partial charge in [0.25, 0.3) is 0 Å². The molecule has 0 bridgehead atoms. The van der Waals surface area contributed by atoms with E-state index < -0.39 is 5.97 Å². The van der Waals surface area contributed by atoms with Crippen molar-refractivity contribution in [3.8, 4) is 5.69 Å². The maximum absolute atomic E-state index is 13.9. The summed E-state index contributed by atoms with van der Waals surface area (Å²) in [4.78, 5) is 11.8. The highest BCUT2D eigenvalue weighted by atomic mass is 32.2. The van der Waals surface area contributed by atoms with Gasteiger partial charge in [0.15, 0.2) is 5.16 Å². The number of thioether (sulfide) groups is 1. The van der Waals surface area contributed by atoms with Crippen LogP contribution in [0.5, 0.6) is 0 Å². The normalized spacial score (nSPS) is 10.8. The number of carbonyl (C=O) groups excluding carboxylic acids is 1. The minimum Gasteiger partial charge on any atom is -0.468 e. The maximum atomic E-state index is 13.9. The molecule has 6 nitrogen and oxygen atoms in total. The molecule has 0 aliphatic heterocycles. The largest absolute Gasteiger partial charge is 0.468 e. The third kappa shape index (κ3) is 3.33. The van der Waals surface area contributed by atoms with Crippen molar-refractivity contribution in [2.45, 2.75) is 17.8 Å². The lowest BCUT2D eigenvalue weighted by Crippen LogP contribution is -2.05. The third-order valence-corrected chi connectivity index (χ3v) is 4.14. The zero-order valence-electron chi connectivity index (χ0n) is 12.8. The first kappa shape index (κ1) is 16.3. The summed E-state index contributed by atoms with van der Waals surface area (Å²) in [5.74, 6) is 0.0113. The number of benzene rings is 1. The molecule has 0 unspecified atom stereocenters. The van der Waals surface area contributed by atoms with Crippen molar-refractivity contribution in [1.82, 2.24) is 14.8 Å². The Kier molecular flexibility index (Phi) is 4.95. The van der Waals surface area contributed by atoms with E-state index in [1.165, 1.54) is 30.4 Å². The Bertz CT molecular complexity index is 846. The van der Waals surface area contributed by atoms with E-state index in [2.05, 4.69) is 10.2 Å². The fourth-order valence-electron chi connectivity index (χ4n) is 2.11. The Morgan fingerprint density at radius 1 is 1.38 bits per heavy atom. The number of carbonyl (C=O) groups is 1. The van der Waals surface area contributed by atoms with Crippen molar-refractivity contribution in [2.24, 2.45) is 0 Å². The lowest BCUT2D eigenvalue weighted by Gasteiger charge is -2.07. The lowest BCUT2D eigenvalue weighted by molar-refractivity contribution is 0.0524. The standard InChI is InChI=1S/C16H14FN3O3S/c1-2-22-15(21)11-7-8-23-14(11)9-24-16-19-18-10-20(16)13-6-4-3-5-12(13)17/h3-8,10H,2,9H2,1H3. The monoisotopic (exact) mass is 347 g/mol. The van der Waals surface area contributed by atoms with Crippen LogP contribution in [0.15, 0.2) is 52.5 Å². The Morgan fingerprint density at radius 2 is 2.21 bits per heavy atom. The van der Waals surface area contributed by atoms with Gasteiger partial charge in [-0.1, -0.05) is 23.9 Å². The number of para-hydroxylation sites is 1. The highest BCUT2D eigenvalue weighted by Gasteiger charge is 2.18. The molecule has 24 heavy (non-hydrogen) atoms. The molecule has 2 heterocycles. The maximum Gasteiger partial charge on any atom is 0.341 e.